The van der Waals surface area contributed by atoms with Gasteiger partial charge in [-0.1, -0.05) is 39.3 Å². The van der Waals surface area contributed by atoms with Gasteiger partial charge in [0.1, 0.15) is 5.75 Å². The van der Waals surface area contributed by atoms with E-state index in [9.17, 15) is 13.2 Å². The predicted octanol–water partition coefficient (Wildman–Crippen LogP) is 4.47. The lowest BCUT2D eigenvalue weighted by Crippen LogP contribution is -2.33. The molecule has 20 heavy (non-hydrogen) atoms. The van der Waals surface area contributed by atoms with E-state index in [-0.39, 0.29) is 11.7 Å². The van der Waals surface area contributed by atoms with E-state index < -0.39 is 6.36 Å². The molecule has 2 unspecified atom stereocenters. The zero-order valence-electron chi connectivity index (χ0n) is 12.1. The molecule has 0 saturated heterocycles. The molecule has 0 spiro atoms. The molecule has 0 amide bonds. The van der Waals surface area contributed by atoms with Crippen LogP contribution in [-0.2, 0) is 0 Å². The molecule has 1 N–H and O–H groups in total. The molecule has 0 aliphatic rings. The summed E-state index contributed by atoms with van der Waals surface area (Å²) < 4.78 is 40.2. The van der Waals surface area contributed by atoms with Gasteiger partial charge in [-0.3, -0.25) is 0 Å². The van der Waals surface area contributed by atoms with Gasteiger partial charge in [0.05, 0.1) is 0 Å². The van der Waals surface area contributed by atoms with Crippen LogP contribution in [0.5, 0.6) is 5.75 Å². The molecule has 0 radical (unpaired) electrons. The number of hydrogen-bond donors (Lipinski definition) is 1. The molecular weight excluding hydrogens is 267 g/mol. The maximum absolute atomic E-state index is 12.1. The van der Waals surface area contributed by atoms with Gasteiger partial charge >= 0.3 is 6.36 Å². The molecule has 0 fully saturated rings. The Morgan fingerprint density at radius 3 is 2.20 bits per heavy atom. The first-order chi connectivity index (χ1) is 9.37. The van der Waals surface area contributed by atoms with Gasteiger partial charge < -0.3 is 10.1 Å². The number of nitrogens with one attached hydrogen (secondary N) is 1. The maximum Gasteiger partial charge on any atom is 0.573 e. The lowest BCUT2D eigenvalue weighted by molar-refractivity contribution is -0.274. The molecule has 1 aromatic carbocycles. The number of halogens is 3. The Morgan fingerprint density at radius 2 is 1.75 bits per heavy atom. The molecule has 0 aliphatic carbocycles. The van der Waals surface area contributed by atoms with Gasteiger partial charge in [-0.05, 0) is 36.6 Å². The minimum Gasteiger partial charge on any atom is -0.406 e. The number of hydrogen-bond acceptors (Lipinski definition) is 2. The first kappa shape index (κ1) is 16.8. The van der Waals surface area contributed by atoms with Gasteiger partial charge in [-0.15, -0.1) is 13.2 Å². The monoisotopic (exact) mass is 289 g/mol. The van der Waals surface area contributed by atoms with Crippen molar-refractivity contribution in [3.63, 3.8) is 0 Å². The summed E-state index contributed by atoms with van der Waals surface area (Å²) in [6.07, 6.45) is -2.53. The van der Waals surface area contributed by atoms with Crippen molar-refractivity contribution >= 4 is 0 Å². The third-order valence-corrected chi connectivity index (χ3v) is 3.31. The highest BCUT2D eigenvalue weighted by atomic mass is 19.4. The second-order valence-electron chi connectivity index (χ2n) is 4.86. The third-order valence-electron chi connectivity index (χ3n) is 3.31. The fraction of sp³-hybridized carbons (Fsp3) is 0.600. The predicted molar refractivity (Wildman–Crippen MR) is 73.9 cm³/mol. The van der Waals surface area contributed by atoms with E-state index in [0.717, 1.165) is 24.9 Å². The van der Waals surface area contributed by atoms with E-state index in [4.69, 9.17) is 0 Å². The van der Waals surface area contributed by atoms with Gasteiger partial charge in [-0.25, -0.2) is 0 Å². The smallest absolute Gasteiger partial charge is 0.406 e. The Labute approximate surface area is 118 Å². The Bertz CT molecular complexity index is 383. The van der Waals surface area contributed by atoms with Crippen LogP contribution in [-0.4, -0.2) is 18.9 Å². The summed E-state index contributed by atoms with van der Waals surface area (Å²) in [6.45, 7) is 7.14. The average Bonchev–Trinajstić information content (AvgIpc) is 2.37. The van der Waals surface area contributed by atoms with Crippen LogP contribution in [0.3, 0.4) is 0 Å². The number of ether oxygens (including phenoxy) is 1. The lowest BCUT2D eigenvalue weighted by Gasteiger charge is -2.25. The van der Waals surface area contributed by atoms with Crippen LogP contribution in [0.1, 0.15) is 45.1 Å². The highest BCUT2D eigenvalue weighted by molar-refractivity contribution is 5.30. The molecule has 2 nitrogen and oxygen atoms in total. The van der Waals surface area contributed by atoms with Crippen LogP contribution in [0.15, 0.2) is 24.3 Å². The normalized spacial score (nSPS) is 14.9. The van der Waals surface area contributed by atoms with E-state index in [1.807, 2.05) is 0 Å². The van der Waals surface area contributed by atoms with Crippen molar-refractivity contribution in [3.05, 3.63) is 29.8 Å². The van der Waals surface area contributed by atoms with Crippen molar-refractivity contribution < 1.29 is 17.9 Å². The van der Waals surface area contributed by atoms with Crippen molar-refractivity contribution in [3.8, 4) is 5.75 Å². The quantitative estimate of drug-likeness (QED) is 0.799. The average molecular weight is 289 g/mol. The van der Waals surface area contributed by atoms with Crippen LogP contribution < -0.4 is 10.1 Å². The van der Waals surface area contributed by atoms with Gasteiger partial charge in [0.2, 0.25) is 0 Å². The van der Waals surface area contributed by atoms with E-state index >= 15 is 0 Å². The summed E-state index contributed by atoms with van der Waals surface area (Å²) >= 11 is 0. The Morgan fingerprint density at radius 1 is 1.15 bits per heavy atom. The van der Waals surface area contributed by atoms with Crippen molar-refractivity contribution in [2.24, 2.45) is 0 Å². The number of alkyl halides is 3. The van der Waals surface area contributed by atoms with E-state index in [1.54, 1.807) is 12.1 Å². The van der Waals surface area contributed by atoms with Gasteiger partial charge in [0.25, 0.3) is 0 Å². The summed E-state index contributed by atoms with van der Waals surface area (Å²) in [6, 6.07) is 6.47. The Kier molecular flexibility index (Phi) is 6.33. The van der Waals surface area contributed by atoms with Crippen LogP contribution in [0.25, 0.3) is 0 Å². The Balaban J connectivity index is 2.75. The molecule has 5 heteroatoms. The van der Waals surface area contributed by atoms with Crippen molar-refractivity contribution in [1.29, 1.82) is 0 Å². The molecule has 1 aromatic rings. The first-order valence-corrected chi connectivity index (χ1v) is 6.96. The summed E-state index contributed by atoms with van der Waals surface area (Å²) in [5, 5.41) is 3.42. The van der Waals surface area contributed by atoms with Crippen LogP contribution in [0, 0.1) is 0 Å². The molecule has 0 aromatic heterocycles. The highest BCUT2D eigenvalue weighted by Gasteiger charge is 2.31. The molecule has 1 rings (SSSR count). The summed E-state index contributed by atoms with van der Waals surface area (Å²) in [7, 11) is 0. The highest BCUT2D eigenvalue weighted by Crippen LogP contribution is 2.27. The molecule has 0 bridgehead atoms. The summed E-state index contributed by atoms with van der Waals surface area (Å²) in [5.74, 6) is 0.0683. The number of rotatable bonds is 7. The van der Waals surface area contributed by atoms with E-state index in [2.05, 4.69) is 30.8 Å². The summed E-state index contributed by atoms with van der Waals surface area (Å²) in [4.78, 5) is 0. The zero-order chi connectivity index (χ0) is 15.2. The minimum atomic E-state index is -4.64. The fourth-order valence-corrected chi connectivity index (χ4v) is 2.31. The first-order valence-electron chi connectivity index (χ1n) is 6.96. The van der Waals surface area contributed by atoms with Crippen LogP contribution in [0.4, 0.5) is 13.2 Å². The van der Waals surface area contributed by atoms with Gasteiger partial charge in [0, 0.05) is 6.04 Å². The lowest BCUT2D eigenvalue weighted by atomic mass is 9.90. The third kappa shape index (κ3) is 5.41. The molecule has 2 atom stereocenters. The molecular formula is C15H22F3NO. The topological polar surface area (TPSA) is 21.3 Å². The van der Waals surface area contributed by atoms with Gasteiger partial charge in [0.15, 0.2) is 0 Å². The second-order valence-corrected chi connectivity index (χ2v) is 4.86. The van der Waals surface area contributed by atoms with Crippen molar-refractivity contribution in [2.45, 2.75) is 51.9 Å². The molecule has 0 saturated carbocycles. The Hall–Kier alpha value is -1.23. The fourth-order valence-electron chi connectivity index (χ4n) is 2.31. The number of likely N-dealkylation sites (N-methyl/N-ethyl adjacent to an activating group) is 1. The van der Waals surface area contributed by atoms with Crippen LogP contribution in [0.2, 0.25) is 0 Å². The maximum atomic E-state index is 12.1. The SMILES string of the molecule is CCCC(NCC)C(C)c1ccc(OC(F)(F)F)cc1. The van der Waals surface area contributed by atoms with E-state index in [0.29, 0.717) is 6.04 Å². The minimum absolute atomic E-state index is 0.177. The number of benzene rings is 1. The van der Waals surface area contributed by atoms with Crippen molar-refractivity contribution in [2.75, 3.05) is 6.54 Å². The second kappa shape index (κ2) is 7.53. The molecule has 0 heterocycles. The van der Waals surface area contributed by atoms with E-state index in [1.165, 1.54) is 12.1 Å². The zero-order valence-corrected chi connectivity index (χ0v) is 12.1. The molecule has 114 valence electrons. The molecule has 0 aliphatic heterocycles. The summed E-state index contributed by atoms with van der Waals surface area (Å²) in [5.41, 5.74) is 1.01. The van der Waals surface area contributed by atoms with Crippen molar-refractivity contribution in [1.82, 2.24) is 5.32 Å². The largest absolute Gasteiger partial charge is 0.573 e. The van der Waals surface area contributed by atoms with Gasteiger partial charge in [-0.2, -0.15) is 0 Å². The van der Waals surface area contributed by atoms with Crippen LogP contribution >= 0.6 is 0 Å². The standard InChI is InChI=1S/C15H22F3NO/c1-4-6-14(19-5-2)11(3)12-7-9-13(10-8-12)20-15(16,17)18/h7-11,14,19H,4-6H2,1-3H3.